The van der Waals surface area contributed by atoms with E-state index < -0.39 is 12.0 Å². The molecule has 0 bridgehead atoms. The van der Waals surface area contributed by atoms with E-state index in [0.29, 0.717) is 6.42 Å². The van der Waals surface area contributed by atoms with E-state index in [0.717, 1.165) is 31.2 Å². The molecule has 4 nitrogen and oxygen atoms in total. The van der Waals surface area contributed by atoms with E-state index in [1.807, 2.05) is 6.07 Å². The lowest BCUT2D eigenvalue weighted by molar-refractivity contribution is -0.140. The average Bonchev–Trinajstić information content (AvgIpc) is 2.77. The molecular formula is C14H17NO3. The van der Waals surface area contributed by atoms with Crippen molar-refractivity contribution < 1.29 is 15.0 Å². The lowest BCUT2D eigenvalue weighted by Gasteiger charge is -2.40. The zero-order valence-corrected chi connectivity index (χ0v) is 10.1. The van der Waals surface area contributed by atoms with Gasteiger partial charge in [0.2, 0.25) is 0 Å². The SMILES string of the molecule is O=C(O)C1Cc2cc(O)ccc2C2(CCCC2)N1. The highest BCUT2D eigenvalue weighted by molar-refractivity contribution is 5.75. The fourth-order valence-corrected chi connectivity index (χ4v) is 3.44. The van der Waals surface area contributed by atoms with Crippen molar-refractivity contribution in [1.82, 2.24) is 5.32 Å². The number of carboxylic acids is 1. The van der Waals surface area contributed by atoms with Crippen molar-refractivity contribution in [2.75, 3.05) is 0 Å². The van der Waals surface area contributed by atoms with E-state index in [-0.39, 0.29) is 11.3 Å². The molecule has 96 valence electrons. The third-order valence-corrected chi connectivity index (χ3v) is 4.23. The highest BCUT2D eigenvalue weighted by Crippen LogP contribution is 2.44. The summed E-state index contributed by atoms with van der Waals surface area (Å²) in [4.78, 5) is 11.3. The molecule has 1 aliphatic heterocycles. The summed E-state index contributed by atoms with van der Waals surface area (Å²) in [6.45, 7) is 0. The van der Waals surface area contributed by atoms with Crippen LogP contribution < -0.4 is 5.32 Å². The minimum atomic E-state index is -0.810. The Kier molecular flexibility index (Phi) is 2.55. The second kappa shape index (κ2) is 3.99. The molecule has 0 saturated heterocycles. The summed E-state index contributed by atoms with van der Waals surface area (Å²) >= 11 is 0. The van der Waals surface area contributed by atoms with Gasteiger partial charge in [0.15, 0.2) is 0 Å². The Labute approximate surface area is 106 Å². The molecule has 1 aromatic carbocycles. The Balaban J connectivity index is 2.08. The Morgan fingerprint density at radius 3 is 2.72 bits per heavy atom. The Bertz CT molecular complexity index is 492. The monoisotopic (exact) mass is 247 g/mol. The van der Waals surface area contributed by atoms with Crippen LogP contribution in [0, 0.1) is 0 Å². The van der Waals surface area contributed by atoms with Crippen LogP contribution in [0.15, 0.2) is 18.2 Å². The van der Waals surface area contributed by atoms with Gasteiger partial charge in [0.05, 0.1) is 0 Å². The summed E-state index contributed by atoms with van der Waals surface area (Å²) in [6.07, 6.45) is 4.66. The van der Waals surface area contributed by atoms with E-state index in [9.17, 15) is 15.0 Å². The second-order valence-corrected chi connectivity index (χ2v) is 5.37. The van der Waals surface area contributed by atoms with Crippen LogP contribution in [0.25, 0.3) is 0 Å². The van der Waals surface area contributed by atoms with Gasteiger partial charge in [0.1, 0.15) is 11.8 Å². The molecule has 0 aromatic heterocycles. The molecule has 0 amide bonds. The molecule has 3 rings (SSSR count). The molecule has 1 atom stereocenters. The van der Waals surface area contributed by atoms with Gasteiger partial charge in [0, 0.05) is 5.54 Å². The van der Waals surface area contributed by atoms with Crippen LogP contribution in [0.4, 0.5) is 0 Å². The lowest BCUT2D eigenvalue weighted by atomic mass is 9.78. The number of benzene rings is 1. The number of phenols is 1. The zero-order chi connectivity index (χ0) is 12.8. The molecule has 0 radical (unpaired) electrons. The van der Waals surface area contributed by atoms with Crippen LogP contribution in [-0.4, -0.2) is 22.2 Å². The quantitative estimate of drug-likeness (QED) is 0.707. The first-order valence-corrected chi connectivity index (χ1v) is 6.44. The number of rotatable bonds is 1. The largest absolute Gasteiger partial charge is 0.508 e. The molecule has 1 fully saturated rings. The van der Waals surface area contributed by atoms with Crippen molar-refractivity contribution in [3.05, 3.63) is 29.3 Å². The van der Waals surface area contributed by atoms with Gasteiger partial charge in [-0.15, -0.1) is 0 Å². The van der Waals surface area contributed by atoms with Crippen molar-refractivity contribution in [3.8, 4) is 5.75 Å². The maximum Gasteiger partial charge on any atom is 0.321 e. The fourth-order valence-electron chi connectivity index (χ4n) is 3.44. The van der Waals surface area contributed by atoms with Crippen molar-refractivity contribution in [2.24, 2.45) is 0 Å². The predicted molar refractivity (Wildman–Crippen MR) is 66.5 cm³/mol. The number of hydrogen-bond acceptors (Lipinski definition) is 3. The number of nitrogens with one attached hydrogen (secondary N) is 1. The minimum absolute atomic E-state index is 0.190. The summed E-state index contributed by atoms with van der Waals surface area (Å²) in [7, 11) is 0. The molecule has 4 heteroatoms. The molecule has 1 spiro atoms. The van der Waals surface area contributed by atoms with Crippen LogP contribution in [0.3, 0.4) is 0 Å². The molecule has 18 heavy (non-hydrogen) atoms. The van der Waals surface area contributed by atoms with Gasteiger partial charge in [0.25, 0.3) is 0 Å². The summed E-state index contributed by atoms with van der Waals surface area (Å²) < 4.78 is 0. The molecule has 1 aromatic rings. The number of aromatic hydroxyl groups is 1. The first-order chi connectivity index (χ1) is 8.61. The van der Waals surface area contributed by atoms with Gasteiger partial charge in [-0.05, 0) is 42.5 Å². The van der Waals surface area contributed by atoms with E-state index in [1.165, 1.54) is 5.56 Å². The van der Waals surface area contributed by atoms with E-state index >= 15 is 0 Å². The maximum atomic E-state index is 11.3. The molecular weight excluding hydrogens is 230 g/mol. The average molecular weight is 247 g/mol. The summed E-state index contributed by atoms with van der Waals surface area (Å²) in [6, 6.07) is 4.81. The van der Waals surface area contributed by atoms with E-state index in [1.54, 1.807) is 12.1 Å². The number of carboxylic acid groups (broad SMARTS) is 1. The first-order valence-electron chi connectivity index (χ1n) is 6.44. The van der Waals surface area contributed by atoms with Gasteiger partial charge in [-0.2, -0.15) is 0 Å². The molecule has 1 saturated carbocycles. The fraction of sp³-hybridized carbons (Fsp3) is 0.500. The highest BCUT2D eigenvalue weighted by Gasteiger charge is 2.43. The smallest absolute Gasteiger partial charge is 0.321 e. The van der Waals surface area contributed by atoms with Crippen LogP contribution in [0.2, 0.25) is 0 Å². The standard InChI is InChI=1S/C14H17NO3/c16-10-3-4-11-9(7-10)8-12(13(17)18)15-14(11)5-1-2-6-14/h3-4,7,12,15-16H,1-2,5-6,8H2,(H,17,18). The summed E-state index contributed by atoms with van der Waals surface area (Å²) in [5.74, 6) is -0.594. The van der Waals surface area contributed by atoms with Crippen LogP contribution >= 0.6 is 0 Å². The summed E-state index contributed by atoms with van der Waals surface area (Å²) in [5.41, 5.74) is 1.96. The number of fused-ring (bicyclic) bond motifs is 2. The van der Waals surface area contributed by atoms with Crippen LogP contribution in [0.5, 0.6) is 5.75 Å². The Morgan fingerprint density at radius 1 is 1.33 bits per heavy atom. The van der Waals surface area contributed by atoms with Gasteiger partial charge < -0.3 is 10.2 Å². The topological polar surface area (TPSA) is 69.6 Å². The third kappa shape index (κ3) is 1.68. The first kappa shape index (κ1) is 11.5. The van der Waals surface area contributed by atoms with Gasteiger partial charge in [-0.1, -0.05) is 18.9 Å². The molecule has 1 unspecified atom stereocenters. The van der Waals surface area contributed by atoms with Gasteiger partial charge in [-0.3, -0.25) is 10.1 Å². The maximum absolute atomic E-state index is 11.3. The highest BCUT2D eigenvalue weighted by atomic mass is 16.4. The second-order valence-electron chi connectivity index (χ2n) is 5.37. The van der Waals surface area contributed by atoms with Crippen molar-refractivity contribution in [3.63, 3.8) is 0 Å². The van der Waals surface area contributed by atoms with Crippen LogP contribution in [-0.2, 0) is 16.8 Å². The number of phenolic OH excluding ortho intramolecular Hbond substituents is 1. The number of hydrogen-bond donors (Lipinski definition) is 3. The Hall–Kier alpha value is -1.55. The van der Waals surface area contributed by atoms with Gasteiger partial charge >= 0.3 is 5.97 Å². The van der Waals surface area contributed by atoms with Crippen molar-refractivity contribution in [2.45, 2.75) is 43.7 Å². The van der Waals surface area contributed by atoms with Gasteiger partial charge in [-0.25, -0.2) is 0 Å². The third-order valence-electron chi connectivity index (χ3n) is 4.23. The molecule has 1 aliphatic carbocycles. The minimum Gasteiger partial charge on any atom is -0.508 e. The van der Waals surface area contributed by atoms with E-state index in [2.05, 4.69) is 5.32 Å². The molecule has 1 heterocycles. The predicted octanol–water partition coefficient (Wildman–Crippen LogP) is 1.76. The zero-order valence-electron chi connectivity index (χ0n) is 10.1. The molecule has 3 N–H and O–H groups in total. The molecule has 2 aliphatic rings. The van der Waals surface area contributed by atoms with Crippen molar-refractivity contribution >= 4 is 5.97 Å². The Morgan fingerprint density at radius 2 is 2.06 bits per heavy atom. The lowest BCUT2D eigenvalue weighted by Crippen LogP contribution is -2.54. The normalized spacial score (nSPS) is 25.0. The van der Waals surface area contributed by atoms with Crippen LogP contribution in [0.1, 0.15) is 36.8 Å². The van der Waals surface area contributed by atoms with Crippen molar-refractivity contribution in [1.29, 1.82) is 0 Å². The number of carbonyl (C=O) groups is 1. The van der Waals surface area contributed by atoms with E-state index in [4.69, 9.17) is 0 Å². The summed E-state index contributed by atoms with van der Waals surface area (Å²) in [5, 5.41) is 22.2. The number of aliphatic carboxylic acids is 1.